The summed E-state index contributed by atoms with van der Waals surface area (Å²) in [6, 6.07) is 66.4. The lowest BCUT2D eigenvalue weighted by Gasteiger charge is -2.17. The number of aromatic nitrogens is 1. The van der Waals surface area contributed by atoms with Crippen LogP contribution in [0.25, 0.3) is 82.8 Å². The maximum atomic E-state index is 6.14. The quantitative estimate of drug-likeness (QED) is 0.186. The van der Waals surface area contributed by atoms with Crippen LogP contribution >= 0.6 is 0 Å². The number of furan rings is 1. The van der Waals surface area contributed by atoms with E-state index in [4.69, 9.17) is 4.42 Å². The Kier molecular flexibility index (Phi) is 6.05. The third-order valence-corrected chi connectivity index (χ3v) is 10.9. The largest absolute Gasteiger partial charge is 0.456 e. The molecule has 0 amide bonds. The van der Waals surface area contributed by atoms with Crippen LogP contribution in [-0.2, 0) is 0 Å². The number of benzene rings is 8. The zero-order valence-electron chi connectivity index (χ0n) is 27.8. The highest BCUT2D eigenvalue weighted by atomic mass is 16.3. The fourth-order valence-corrected chi connectivity index (χ4v) is 8.56. The lowest BCUT2D eigenvalue weighted by atomic mass is 9.86. The highest BCUT2D eigenvalue weighted by molar-refractivity contribution is 6.10. The van der Waals surface area contributed by atoms with Crippen LogP contribution in [0.15, 0.2) is 186 Å². The van der Waals surface area contributed by atoms with Gasteiger partial charge in [-0.2, -0.15) is 0 Å². The van der Waals surface area contributed by atoms with E-state index < -0.39 is 0 Å². The molecule has 0 aliphatic heterocycles. The molecule has 1 aliphatic carbocycles. The Morgan fingerprint density at radius 2 is 1.02 bits per heavy atom. The van der Waals surface area contributed by atoms with Gasteiger partial charge in [-0.1, -0.05) is 127 Å². The smallest absolute Gasteiger partial charge is 0.135 e. The van der Waals surface area contributed by atoms with Gasteiger partial charge in [0.15, 0.2) is 0 Å². The molecule has 1 unspecified atom stereocenters. The lowest BCUT2D eigenvalue weighted by Crippen LogP contribution is -2.00. The summed E-state index contributed by atoms with van der Waals surface area (Å²) in [4.78, 5) is 0. The fourth-order valence-electron chi connectivity index (χ4n) is 8.56. The molecule has 0 fully saturated rings. The molecule has 2 nitrogen and oxygen atoms in total. The first-order chi connectivity index (χ1) is 25.3. The van der Waals surface area contributed by atoms with Gasteiger partial charge in [-0.25, -0.2) is 0 Å². The Bertz CT molecular complexity index is 2980. The van der Waals surface area contributed by atoms with Crippen molar-refractivity contribution in [1.29, 1.82) is 0 Å². The minimum atomic E-state index is 0.137. The molecule has 0 radical (unpaired) electrons. The Hall–Kier alpha value is -6.64. The van der Waals surface area contributed by atoms with E-state index in [9.17, 15) is 0 Å². The molecule has 2 heterocycles. The van der Waals surface area contributed by atoms with Crippen LogP contribution in [0.4, 0.5) is 0 Å². The minimum absolute atomic E-state index is 0.137. The normalized spacial score (nSPS) is 13.7. The van der Waals surface area contributed by atoms with Crippen molar-refractivity contribution in [3.05, 3.63) is 199 Å². The van der Waals surface area contributed by atoms with Crippen molar-refractivity contribution in [3.8, 4) is 39.1 Å². The average molecular weight is 650 g/mol. The molecule has 10 aromatic rings. The molecule has 1 atom stereocenters. The molecule has 238 valence electrons. The van der Waals surface area contributed by atoms with Gasteiger partial charge < -0.3 is 8.98 Å². The van der Waals surface area contributed by atoms with Gasteiger partial charge in [0, 0.05) is 33.2 Å². The predicted molar refractivity (Wildman–Crippen MR) is 212 cm³/mol. The molecule has 0 saturated heterocycles. The van der Waals surface area contributed by atoms with Gasteiger partial charge >= 0.3 is 0 Å². The first-order valence-corrected chi connectivity index (χ1v) is 17.6. The Morgan fingerprint density at radius 3 is 1.94 bits per heavy atom. The minimum Gasteiger partial charge on any atom is -0.456 e. The van der Waals surface area contributed by atoms with E-state index in [1.165, 1.54) is 77.6 Å². The summed E-state index contributed by atoms with van der Waals surface area (Å²) < 4.78 is 8.52. The van der Waals surface area contributed by atoms with Crippen LogP contribution in [0.2, 0.25) is 0 Å². The molecule has 8 aromatic carbocycles. The van der Waals surface area contributed by atoms with Crippen molar-refractivity contribution in [2.24, 2.45) is 0 Å². The molecular formula is C49H31NO. The van der Waals surface area contributed by atoms with E-state index in [1.54, 1.807) is 0 Å². The molecule has 0 saturated carbocycles. The highest BCUT2D eigenvalue weighted by Crippen LogP contribution is 2.50. The van der Waals surface area contributed by atoms with Gasteiger partial charge in [0.05, 0.1) is 11.0 Å². The first-order valence-electron chi connectivity index (χ1n) is 17.6. The van der Waals surface area contributed by atoms with E-state index in [-0.39, 0.29) is 5.92 Å². The van der Waals surface area contributed by atoms with E-state index >= 15 is 0 Å². The van der Waals surface area contributed by atoms with Crippen LogP contribution < -0.4 is 0 Å². The number of para-hydroxylation sites is 3. The maximum Gasteiger partial charge on any atom is 0.135 e. The van der Waals surface area contributed by atoms with Crippen LogP contribution in [0.3, 0.4) is 0 Å². The number of fused-ring (bicyclic) bond motifs is 9. The van der Waals surface area contributed by atoms with Crippen molar-refractivity contribution in [2.75, 3.05) is 0 Å². The molecule has 0 N–H and O–H groups in total. The van der Waals surface area contributed by atoms with Crippen LogP contribution in [-0.4, -0.2) is 4.57 Å². The molecule has 1 aliphatic rings. The summed E-state index contributed by atoms with van der Waals surface area (Å²) in [5, 5.41) is 4.84. The summed E-state index contributed by atoms with van der Waals surface area (Å²) in [7, 11) is 0. The van der Waals surface area contributed by atoms with Crippen molar-refractivity contribution in [3.63, 3.8) is 0 Å². The summed E-state index contributed by atoms with van der Waals surface area (Å²) in [6.07, 6.45) is 0. The zero-order valence-corrected chi connectivity index (χ0v) is 27.8. The van der Waals surface area contributed by atoms with E-state index in [0.29, 0.717) is 0 Å². The van der Waals surface area contributed by atoms with Crippen molar-refractivity contribution >= 4 is 43.7 Å². The molecular weight excluding hydrogens is 619 g/mol. The Balaban J connectivity index is 1.04. The number of rotatable bonds is 4. The summed E-state index contributed by atoms with van der Waals surface area (Å²) in [5.74, 6) is 0.137. The SMILES string of the molecule is c1ccc(-n2c3ccccc3c3cc(-c4ccc5c(c4)C(c4cccc(-c6ccc7oc8ccccc8c7c6)c4)c4ccccc4-5)ccc32)cc1. The second-order valence-corrected chi connectivity index (χ2v) is 13.7. The number of hydrogen-bond donors (Lipinski definition) is 0. The first kappa shape index (κ1) is 28.2. The van der Waals surface area contributed by atoms with Crippen LogP contribution in [0.1, 0.15) is 22.6 Å². The maximum absolute atomic E-state index is 6.14. The van der Waals surface area contributed by atoms with E-state index in [0.717, 1.165) is 21.9 Å². The third kappa shape index (κ3) is 4.30. The van der Waals surface area contributed by atoms with E-state index in [1.807, 2.05) is 12.1 Å². The molecule has 11 rings (SSSR count). The third-order valence-electron chi connectivity index (χ3n) is 10.9. The highest BCUT2D eigenvalue weighted by Gasteiger charge is 2.30. The molecule has 0 bridgehead atoms. The fraction of sp³-hybridized carbons (Fsp3) is 0.0204. The van der Waals surface area contributed by atoms with Gasteiger partial charge in [0.2, 0.25) is 0 Å². The van der Waals surface area contributed by atoms with Crippen LogP contribution in [0, 0.1) is 0 Å². The average Bonchev–Trinajstić information content (AvgIpc) is 3.85. The standard InChI is InChI=1S/C49H31NO/c1-2-13-36(14-3-1)50-45-19-8-6-16-39(45)42-28-33(22-25-46(42)50)32-21-24-38-37-15-4-5-18-41(37)49(44(38)30-32)35-12-10-11-31(27-35)34-23-26-48-43(29-34)40-17-7-9-20-47(40)51-48/h1-30,49H. The van der Waals surface area contributed by atoms with Crippen LogP contribution in [0.5, 0.6) is 0 Å². The van der Waals surface area contributed by atoms with Crippen molar-refractivity contribution in [1.82, 2.24) is 4.57 Å². The summed E-state index contributed by atoms with van der Waals surface area (Å²) in [5.41, 5.74) is 17.0. The van der Waals surface area contributed by atoms with Crippen molar-refractivity contribution in [2.45, 2.75) is 5.92 Å². The van der Waals surface area contributed by atoms with Gasteiger partial charge in [-0.05, 0) is 105 Å². The second kappa shape index (κ2) is 10.9. The summed E-state index contributed by atoms with van der Waals surface area (Å²) >= 11 is 0. The molecule has 2 heteroatoms. The molecule has 51 heavy (non-hydrogen) atoms. The Labute approximate surface area is 295 Å². The molecule has 2 aromatic heterocycles. The van der Waals surface area contributed by atoms with Gasteiger partial charge in [-0.3, -0.25) is 0 Å². The molecule has 0 spiro atoms. The second-order valence-electron chi connectivity index (χ2n) is 13.7. The van der Waals surface area contributed by atoms with Gasteiger partial charge in [-0.15, -0.1) is 0 Å². The monoisotopic (exact) mass is 649 g/mol. The van der Waals surface area contributed by atoms with E-state index in [2.05, 4.69) is 174 Å². The van der Waals surface area contributed by atoms with Crippen molar-refractivity contribution < 1.29 is 4.42 Å². The summed E-state index contributed by atoms with van der Waals surface area (Å²) in [6.45, 7) is 0. The zero-order chi connectivity index (χ0) is 33.5. The number of hydrogen-bond acceptors (Lipinski definition) is 1. The topological polar surface area (TPSA) is 18.1 Å². The van der Waals surface area contributed by atoms with Gasteiger partial charge in [0.1, 0.15) is 11.2 Å². The van der Waals surface area contributed by atoms with Gasteiger partial charge in [0.25, 0.3) is 0 Å². The Morgan fingerprint density at radius 1 is 0.373 bits per heavy atom. The number of nitrogens with zero attached hydrogens (tertiary/aromatic N) is 1. The predicted octanol–water partition coefficient (Wildman–Crippen LogP) is 13.2. The lowest BCUT2D eigenvalue weighted by molar-refractivity contribution is 0.669.